The Bertz CT molecular complexity index is 112. The van der Waals surface area contributed by atoms with Crippen molar-refractivity contribution in [1.82, 2.24) is 5.32 Å². The Hall–Kier alpha value is -0.110. The van der Waals surface area contributed by atoms with Crippen LogP contribution in [0.4, 0.5) is 4.39 Å². The summed E-state index contributed by atoms with van der Waals surface area (Å²) in [6.45, 7) is 1.03. The standard InChI is InChI=1S/C8H14FN/c9-7-6-4-2-1-3-5-10-8(6)7/h6-8,10H,1-5H2/t6-,7-,8?/m0/s1. The molecule has 1 heterocycles. The smallest absolute Gasteiger partial charge is 0.120 e. The maximum Gasteiger partial charge on any atom is 0.120 e. The molecular formula is C8H14FN. The van der Waals surface area contributed by atoms with E-state index in [0.29, 0.717) is 5.92 Å². The van der Waals surface area contributed by atoms with Crippen LogP contribution in [0.2, 0.25) is 0 Å². The Morgan fingerprint density at radius 3 is 3.00 bits per heavy atom. The van der Waals surface area contributed by atoms with Crippen molar-refractivity contribution in [1.29, 1.82) is 0 Å². The SMILES string of the molecule is F[C@@H]1C2NCCCCC[C@H]21. The van der Waals surface area contributed by atoms with Crippen LogP contribution >= 0.6 is 0 Å². The zero-order valence-corrected chi connectivity index (χ0v) is 6.15. The first-order chi connectivity index (χ1) is 4.89. The topological polar surface area (TPSA) is 12.0 Å². The lowest BCUT2D eigenvalue weighted by Gasteiger charge is -2.06. The van der Waals surface area contributed by atoms with Crippen LogP contribution in [-0.4, -0.2) is 18.8 Å². The molecule has 1 saturated heterocycles. The van der Waals surface area contributed by atoms with E-state index in [9.17, 15) is 4.39 Å². The van der Waals surface area contributed by atoms with Gasteiger partial charge in [0.15, 0.2) is 0 Å². The molecule has 2 fully saturated rings. The lowest BCUT2D eigenvalue weighted by Crippen LogP contribution is -2.22. The second-order valence-electron chi connectivity index (χ2n) is 3.44. The van der Waals surface area contributed by atoms with Crippen LogP contribution in [0.5, 0.6) is 0 Å². The van der Waals surface area contributed by atoms with Crippen molar-refractivity contribution in [3.8, 4) is 0 Å². The van der Waals surface area contributed by atoms with Gasteiger partial charge >= 0.3 is 0 Å². The molecule has 0 radical (unpaired) electrons. The Labute approximate surface area is 61.0 Å². The zero-order chi connectivity index (χ0) is 6.97. The van der Waals surface area contributed by atoms with Crippen molar-refractivity contribution in [2.24, 2.45) is 5.92 Å². The maximum absolute atomic E-state index is 12.8. The molecule has 0 aromatic heterocycles. The van der Waals surface area contributed by atoms with E-state index >= 15 is 0 Å². The third-order valence-electron chi connectivity index (χ3n) is 2.67. The number of alkyl halides is 1. The second kappa shape index (κ2) is 2.50. The number of nitrogens with one attached hydrogen (secondary N) is 1. The molecule has 1 nitrogen and oxygen atoms in total. The van der Waals surface area contributed by atoms with Crippen LogP contribution in [0, 0.1) is 5.92 Å². The lowest BCUT2D eigenvalue weighted by molar-refractivity contribution is 0.428. The van der Waals surface area contributed by atoms with Gasteiger partial charge in [-0.25, -0.2) is 4.39 Å². The normalized spacial score (nSPS) is 47.1. The van der Waals surface area contributed by atoms with Crippen molar-refractivity contribution < 1.29 is 4.39 Å². The van der Waals surface area contributed by atoms with Crippen molar-refractivity contribution >= 4 is 0 Å². The third-order valence-corrected chi connectivity index (χ3v) is 2.67. The minimum atomic E-state index is -0.516. The molecule has 2 heteroatoms. The van der Waals surface area contributed by atoms with E-state index in [1.807, 2.05) is 0 Å². The minimum Gasteiger partial charge on any atom is -0.311 e. The van der Waals surface area contributed by atoms with Gasteiger partial charge in [0.2, 0.25) is 0 Å². The van der Waals surface area contributed by atoms with Gasteiger partial charge < -0.3 is 5.32 Å². The molecule has 1 aliphatic carbocycles. The predicted octanol–water partition coefficient (Wildman–Crippen LogP) is 1.49. The van der Waals surface area contributed by atoms with Crippen LogP contribution in [0.25, 0.3) is 0 Å². The third kappa shape index (κ3) is 1.05. The van der Waals surface area contributed by atoms with E-state index in [0.717, 1.165) is 13.0 Å². The summed E-state index contributed by atoms with van der Waals surface area (Å²) in [6, 6.07) is 0.236. The van der Waals surface area contributed by atoms with Crippen LogP contribution in [0.3, 0.4) is 0 Å². The summed E-state index contributed by atoms with van der Waals surface area (Å²) in [5.74, 6) is 0.375. The molecule has 2 aliphatic rings. The number of hydrogen-bond acceptors (Lipinski definition) is 1. The highest BCUT2D eigenvalue weighted by Gasteiger charge is 2.50. The molecular weight excluding hydrogens is 129 g/mol. The molecule has 0 spiro atoms. The molecule has 10 heavy (non-hydrogen) atoms. The minimum absolute atomic E-state index is 0.236. The summed E-state index contributed by atoms with van der Waals surface area (Å²) in [5.41, 5.74) is 0. The van der Waals surface area contributed by atoms with Gasteiger partial charge in [0.05, 0.1) is 0 Å². The number of rotatable bonds is 0. The largest absolute Gasteiger partial charge is 0.311 e. The summed E-state index contributed by atoms with van der Waals surface area (Å²) < 4.78 is 12.8. The Morgan fingerprint density at radius 1 is 1.20 bits per heavy atom. The Balaban J connectivity index is 1.86. The van der Waals surface area contributed by atoms with Gasteiger partial charge in [-0.3, -0.25) is 0 Å². The van der Waals surface area contributed by atoms with E-state index in [2.05, 4.69) is 5.32 Å². The molecule has 2 rings (SSSR count). The highest BCUT2D eigenvalue weighted by Crippen LogP contribution is 2.39. The molecule has 0 aromatic rings. The van der Waals surface area contributed by atoms with E-state index < -0.39 is 6.17 Å². The number of fused-ring (bicyclic) bond motifs is 1. The fourth-order valence-electron chi connectivity index (χ4n) is 1.89. The quantitative estimate of drug-likeness (QED) is 0.541. The molecule has 1 N–H and O–H groups in total. The van der Waals surface area contributed by atoms with Crippen molar-refractivity contribution in [2.75, 3.05) is 6.54 Å². The molecule has 1 unspecified atom stereocenters. The molecule has 0 aromatic carbocycles. The fourth-order valence-corrected chi connectivity index (χ4v) is 1.89. The van der Waals surface area contributed by atoms with Crippen molar-refractivity contribution in [3.05, 3.63) is 0 Å². The Morgan fingerprint density at radius 2 is 2.10 bits per heavy atom. The first-order valence-electron chi connectivity index (χ1n) is 4.27. The van der Waals surface area contributed by atoms with Gasteiger partial charge in [0, 0.05) is 12.0 Å². The van der Waals surface area contributed by atoms with Crippen LogP contribution in [-0.2, 0) is 0 Å². The second-order valence-corrected chi connectivity index (χ2v) is 3.44. The molecule has 1 saturated carbocycles. The molecule has 0 amide bonds. The highest BCUT2D eigenvalue weighted by atomic mass is 19.1. The maximum atomic E-state index is 12.8. The van der Waals surface area contributed by atoms with Crippen LogP contribution in [0.15, 0.2) is 0 Å². The highest BCUT2D eigenvalue weighted by molar-refractivity contribution is 5.04. The Kier molecular flexibility index (Phi) is 1.65. The van der Waals surface area contributed by atoms with Crippen LogP contribution < -0.4 is 5.32 Å². The van der Waals surface area contributed by atoms with E-state index in [4.69, 9.17) is 0 Å². The number of hydrogen-bond donors (Lipinski definition) is 1. The van der Waals surface area contributed by atoms with Crippen molar-refractivity contribution in [2.45, 2.75) is 37.9 Å². The number of halogens is 1. The first-order valence-corrected chi connectivity index (χ1v) is 4.27. The average molecular weight is 143 g/mol. The molecule has 3 atom stereocenters. The van der Waals surface area contributed by atoms with Crippen LogP contribution in [0.1, 0.15) is 25.7 Å². The summed E-state index contributed by atoms with van der Waals surface area (Å²) in [4.78, 5) is 0. The molecule has 1 aliphatic heterocycles. The van der Waals surface area contributed by atoms with Gasteiger partial charge in [-0.1, -0.05) is 12.8 Å². The fraction of sp³-hybridized carbons (Fsp3) is 1.00. The molecule has 58 valence electrons. The monoisotopic (exact) mass is 143 g/mol. The van der Waals surface area contributed by atoms with E-state index in [-0.39, 0.29) is 6.04 Å². The van der Waals surface area contributed by atoms with Gasteiger partial charge in [0.1, 0.15) is 6.17 Å². The lowest BCUT2D eigenvalue weighted by atomic mass is 10.1. The van der Waals surface area contributed by atoms with E-state index in [1.165, 1.54) is 19.3 Å². The van der Waals surface area contributed by atoms with Gasteiger partial charge in [-0.15, -0.1) is 0 Å². The van der Waals surface area contributed by atoms with E-state index in [1.54, 1.807) is 0 Å². The van der Waals surface area contributed by atoms with Crippen molar-refractivity contribution in [3.63, 3.8) is 0 Å². The molecule has 0 bridgehead atoms. The first kappa shape index (κ1) is 6.59. The zero-order valence-electron chi connectivity index (χ0n) is 6.15. The summed E-state index contributed by atoms with van der Waals surface area (Å²) in [5, 5.41) is 3.23. The van der Waals surface area contributed by atoms with Gasteiger partial charge in [0.25, 0.3) is 0 Å². The summed E-state index contributed by atoms with van der Waals surface area (Å²) in [7, 11) is 0. The average Bonchev–Trinajstić information content (AvgIpc) is 2.39. The summed E-state index contributed by atoms with van der Waals surface area (Å²) >= 11 is 0. The van der Waals surface area contributed by atoms with Gasteiger partial charge in [-0.2, -0.15) is 0 Å². The predicted molar refractivity (Wildman–Crippen MR) is 38.6 cm³/mol. The summed E-state index contributed by atoms with van der Waals surface area (Å²) in [6.07, 6.45) is 4.35. The van der Waals surface area contributed by atoms with Gasteiger partial charge in [-0.05, 0) is 19.4 Å².